The Kier molecular flexibility index (Phi) is 4.88. The van der Waals surface area contributed by atoms with E-state index in [1.165, 1.54) is 0 Å². The standard InChI is InChI=1S/C11H17ClN2O/c1-13-8-14(2)7-9-6-10(12)4-5-11(9)15-3/h4-6,13H,7-8H2,1-3H3. The number of ether oxygens (including phenoxy) is 1. The van der Waals surface area contributed by atoms with Crippen molar-refractivity contribution in [1.82, 2.24) is 10.2 Å². The van der Waals surface area contributed by atoms with E-state index >= 15 is 0 Å². The van der Waals surface area contributed by atoms with Gasteiger partial charge in [0.2, 0.25) is 0 Å². The summed E-state index contributed by atoms with van der Waals surface area (Å²) in [6, 6.07) is 5.67. The summed E-state index contributed by atoms with van der Waals surface area (Å²) in [6.45, 7) is 1.64. The molecule has 4 heteroatoms. The van der Waals surface area contributed by atoms with E-state index in [0.29, 0.717) is 0 Å². The highest BCUT2D eigenvalue weighted by molar-refractivity contribution is 6.30. The van der Waals surface area contributed by atoms with Crippen LogP contribution in [-0.2, 0) is 6.54 Å². The average Bonchev–Trinajstić information content (AvgIpc) is 2.18. The largest absolute Gasteiger partial charge is 0.496 e. The Hall–Kier alpha value is -0.770. The molecule has 0 aliphatic rings. The fraction of sp³-hybridized carbons (Fsp3) is 0.455. The molecule has 0 spiro atoms. The van der Waals surface area contributed by atoms with Crippen LogP contribution in [0.4, 0.5) is 0 Å². The Bertz CT molecular complexity index is 317. The average molecular weight is 229 g/mol. The van der Waals surface area contributed by atoms with Gasteiger partial charge in [0.1, 0.15) is 5.75 Å². The zero-order valence-electron chi connectivity index (χ0n) is 9.38. The monoisotopic (exact) mass is 228 g/mol. The minimum absolute atomic E-state index is 0.739. The molecule has 84 valence electrons. The van der Waals surface area contributed by atoms with Crippen LogP contribution < -0.4 is 10.1 Å². The molecule has 1 aromatic rings. The highest BCUT2D eigenvalue weighted by atomic mass is 35.5. The third-order valence-corrected chi connectivity index (χ3v) is 2.35. The van der Waals surface area contributed by atoms with E-state index in [0.717, 1.165) is 29.5 Å². The van der Waals surface area contributed by atoms with Gasteiger partial charge in [0.15, 0.2) is 0 Å². The van der Waals surface area contributed by atoms with Crippen LogP contribution >= 0.6 is 11.6 Å². The molecule has 15 heavy (non-hydrogen) atoms. The van der Waals surface area contributed by atoms with E-state index in [1.54, 1.807) is 7.11 Å². The van der Waals surface area contributed by atoms with E-state index < -0.39 is 0 Å². The van der Waals surface area contributed by atoms with Crippen LogP contribution in [0.2, 0.25) is 5.02 Å². The molecule has 3 nitrogen and oxygen atoms in total. The van der Waals surface area contributed by atoms with Gasteiger partial charge in [-0.05, 0) is 32.3 Å². The number of halogens is 1. The summed E-state index contributed by atoms with van der Waals surface area (Å²) in [5.41, 5.74) is 1.10. The molecular formula is C11H17ClN2O. The van der Waals surface area contributed by atoms with Gasteiger partial charge in [-0.25, -0.2) is 0 Å². The molecule has 1 aromatic carbocycles. The van der Waals surface area contributed by atoms with Crippen LogP contribution in [0.25, 0.3) is 0 Å². The first-order chi connectivity index (χ1) is 7.17. The molecule has 1 N–H and O–H groups in total. The Morgan fingerprint density at radius 1 is 1.47 bits per heavy atom. The van der Waals surface area contributed by atoms with Crippen LogP contribution in [0.1, 0.15) is 5.56 Å². The molecule has 0 fully saturated rings. The second-order valence-corrected chi connectivity index (χ2v) is 3.92. The first-order valence-corrected chi connectivity index (χ1v) is 5.20. The molecular weight excluding hydrogens is 212 g/mol. The normalized spacial score (nSPS) is 10.7. The quantitative estimate of drug-likeness (QED) is 0.780. The molecule has 0 aliphatic carbocycles. The highest BCUT2D eigenvalue weighted by Crippen LogP contribution is 2.23. The van der Waals surface area contributed by atoms with Crippen molar-refractivity contribution >= 4 is 11.6 Å². The molecule has 0 amide bonds. The third kappa shape index (κ3) is 3.70. The summed E-state index contributed by atoms with van der Waals surface area (Å²) < 4.78 is 5.27. The van der Waals surface area contributed by atoms with Crippen molar-refractivity contribution in [2.24, 2.45) is 0 Å². The summed E-state index contributed by atoms with van der Waals surface area (Å²) in [4.78, 5) is 2.15. The van der Waals surface area contributed by atoms with E-state index in [-0.39, 0.29) is 0 Å². The lowest BCUT2D eigenvalue weighted by Crippen LogP contribution is -2.28. The summed E-state index contributed by atoms with van der Waals surface area (Å²) in [6.07, 6.45) is 0. The predicted molar refractivity (Wildman–Crippen MR) is 63.4 cm³/mol. The van der Waals surface area contributed by atoms with Crippen molar-refractivity contribution in [3.63, 3.8) is 0 Å². The van der Waals surface area contributed by atoms with Crippen molar-refractivity contribution in [1.29, 1.82) is 0 Å². The lowest BCUT2D eigenvalue weighted by Gasteiger charge is -2.17. The topological polar surface area (TPSA) is 24.5 Å². The van der Waals surface area contributed by atoms with Crippen LogP contribution in [0.3, 0.4) is 0 Å². The van der Waals surface area contributed by atoms with Crippen LogP contribution in [-0.4, -0.2) is 32.8 Å². The fourth-order valence-electron chi connectivity index (χ4n) is 1.49. The van der Waals surface area contributed by atoms with Gasteiger partial charge in [-0.2, -0.15) is 0 Å². The number of nitrogens with one attached hydrogen (secondary N) is 1. The van der Waals surface area contributed by atoms with Gasteiger partial charge in [0, 0.05) is 23.8 Å². The second-order valence-electron chi connectivity index (χ2n) is 3.48. The number of methoxy groups -OCH3 is 1. The minimum atomic E-state index is 0.739. The third-order valence-electron chi connectivity index (χ3n) is 2.11. The Labute approximate surface area is 96.0 Å². The molecule has 0 radical (unpaired) electrons. The lowest BCUT2D eigenvalue weighted by atomic mass is 10.2. The van der Waals surface area contributed by atoms with Crippen LogP contribution in [0, 0.1) is 0 Å². The maximum absolute atomic E-state index is 5.94. The van der Waals surface area contributed by atoms with Crippen molar-refractivity contribution in [2.75, 3.05) is 27.9 Å². The summed E-state index contributed by atoms with van der Waals surface area (Å²) in [5.74, 6) is 0.877. The Morgan fingerprint density at radius 3 is 2.80 bits per heavy atom. The lowest BCUT2D eigenvalue weighted by molar-refractivity contribution is 0.302. The SMILES string of the molecule is CNCN(C)Cc1cc(Cl)ccc1OC. The number of benzene rings is 1. The highest BCUT2D eigenvalue weighted by Gasteiger charge is 2.06. The zero-order valence-corrected chi connectivity index (χ0v) is 10.1. The van der Waals surface area contributed by atoms with E-state index in [2.05, 4.69) is 10.2 Å². The second kappa shape index (κ2) is 5.95. The molecule has 0 saturated heterocycles. The van der Waals surface area contributed by atoms with E-state index in [1.807, 2.05) is 32.3 Å². The van der Waals surface area contributed by atoms with Gasteiger partial charge in [-0.15, -0.1) is 0 Å². The minimum Gasteiger partial charge on any atom is -0.496 e. The summed E-state index contributed by atoms with van der Waals surface area (Å²) >= 11 is 5.94. The Balaban J connectivity index is 2.77. The molecule has 0 aromatic heterocycles. The number of hydrogen-bond acceptors (Lipinski definition) is 3. The summed E-state index contributed by atoms with van der Waals surface area (Å²) in [7, 11) is 5.63. The van der Waals surface area contributed by atoms with E-state index in [4.69, 9.17) is 16.3 Å². The predicted octanol–water partition coefficient (Wildman–Crippen LogP) is 1.96. The van der Waals surface area contributed by atoms with Gasteiger partial charge >= 0.3 is 0 Å². The van der Waals surface area contributed by atoms with Crippen molar-refractivity contribution in [2.45, 2.75) is 6.54 Å². The number of hydrogen-bond donors (Lipinski definition) is 1. The van der Waals surface area contributed by atoms with E-state index in [9.17, 15) is 0 Å². The molecule has 1 rings (SSSR count). The Morgan fingerprint density at radius 2 is 2.20 bits per heavy atom. The maximum Gasteiger partial charge on any atom is 0.123 e. The van der Waals surface area contributed by atoms with Gasteiger partial charge in [-0.3, -0.25) is 4.90 Å². The number of rotatable bonds is 5. The molecule has 0 unspecified atom stereocenters. The van der Waals surface area contributed by atoms with Gasteiger partial charge in [-0.1, -0.05) is 11.6 Å². The van der Waals surface area contributed by atoms with Crippen molar-refractivity contribution in [3.8, 4) is 5.75 Å². The van der Waals surface area contributed by atoms with Gasteiger partial charge in [0.05, 0.1) is 7.11 Å². The smallest absolute Gasteiger partial charge is 0.123 e. The molecule has 0 heterocycles. The maximum atomic E-state index is 5.94. The summed E-state index contributed by atoms with van der Waals surface area (Å²) in [5, 5.41) is 3.83. The molecule has 0 atom stereocenters. The van der Waals surface area contributed by atoms with Crippen LogP contribution in [0.5, 0.6) is 5.75 Å². The molecule has 0 bridgehead atoms. The van der Waals surface area contributed by atoms with Crippen LogP contribution in [0.15, 0.2) is 18.2 Å². The fourth-order valence-corrected chi connectivity index (χ4v) is 1.68. The first kappa shape index (κ1) is 12.3. The molecule has 0 saturated carbocycles. The van der Waals surface area contributed by atoms with Crippen molar-refractivity contribution < 1.29 is 4.74 Å². The van der Waals surface area contributed by atoms with Gasteiger partial charge in [0.25, 0.3) is 0 Å². The first-order valence-electron chi connectivity index (χ1n) is 4.83. The van der Waals surface area contributed by atoms with Gasteiger partial charge < -0.3 is 10.1 Å². The zero-order chi connectivity index (χ0) is 11.3. The number of nitrogens with zero attached hydrogens (tertiary/aromatic N) is 1. The molecule has 0 aliphatic heterocycles. The van der Waals surface area contributed by atoms with Crippen molar-refractivity contribution in [3.05, 3.63) is 28.8 Å².